The van der Waals surface area contributed by atoms with E-state index in [1.165, 1.54) is 5.56 Å². The van der Waals surface area contributed by atoms with Crippen LogP contribution in [0.4, 0.5) is 0 Å². The molecule has 4 heteroatoms. The Morgan fingerprint density at radius 1 is 1.21 bits per heavy atom. The molecule has 0 bridgehead atoms. The van der Waals surface area contributed by atoms with Crippen molar-refractivity contribution < 1.29 is 9.47 Å². The molecule has 0 amide bonds. The van der Waals surface area contributed by atoms with Gasteiger partial charge in [-0.25, -0.2) is 0 Å². The third kappa shape index (κ3) is 3.08. The van der Waals surface area contributed by atoms with Gasteiger partial charge in [-0.1, -0.05) is 12.1 Å². The van der Waals surface area contributed by atoms with Crippen LogP contribution in [0.3, 0.4) is 0 Å². The zero-order valence-corrected chi connectivity index (χ0v) is 11.7. The van der Waals surface area contributed by atoms with Gasteiger partial charge in [0, 0.05) is 26.2 Å². The molecule has 0 radical (unpaired) electrons. The molecule has 1 saturated heterocycles. The first-order valence-electron chi connectivity index (χ1n) is 6.59. The molecule has 4 nitrogen and oxygen atoms in total. The number of methoxy groups -OCH3 is 2. The Morgan fingerprint density at radius 2 is 1.89 bits per heavy atom. The highest BCUT2D eigenvalue weighted by Gasteiger charge is 2.20. The van der Waals surface area contributed by atoms with Gasteiger partial charge in [0.25, 0.3) is 0 Å². The van der Waals surface area contributed by atoms with Crippen molar-refractivity contribution in [3.05, 3.63) is 36.4 Å². The van der Waals surface area contributed by atoms with Crippen molar-refractivity contribution in [1.82, 2.24) is 10.2 Å². The smallest absolute Gasteiger partial charge is 0.161 e. The second kappa shape index (κ2) is 6.59. The maximum Gasteiger partial charge on any atom is 0.161 e. The number of ether oxygens (including phenoxy) is 2. The van der Waals surface area contributed by atoms with E-state index >= 15 is 0 Å². The Kier molecular flexibility index (Phi) is 4.82. The zero-order valence-electron chi connectivity index (χ0n) is 11.7. The molecule has 0 saturated carbocycles. The van der Waals surface area contributed by atoms with Crippen LogP contribution in [-0.4, -0.2) is 45.3 Å². The highest BCUT2D eigenvalue weighted by molar-refractivity contribution is 5.44. The molecule has 0 aliphatic carbocycles. The summed E-state index contributed by atoms with van der Waals surface area (Å²) >= 11 is 0. The van der Waals surface area contributed by atoms with Gasteiger partial charge in [-0.2, -0.15) is 0 Å². The van der Waals surface area contributed by atoms with Gasteiger partial charge < -0.3 is 14.8 Å². The molecule has 1 aromatic rings. The predicted octanol–water partition coefficient (Wildman–Crippen LogP) is 1.84. The lowest BCUT2D eigenvalue weighted by Crippen LogP contribution is -2.44. The average Bonchev–Trinajstić information content (AvgIpc) is 2.49. The van der Waals surface area contributed by atoms with Crippen molar-refractivity contribution in [2.24, 2.45) is 0 Å². The Morgan fingerprint density at radius 3 is 2.47 bits per heavy atom. The summed E-state index contributed by atoms with van der Waals surface area (Å²) in [4.78, 5) is 2.42. The van der Waals surface area contributed by atoms with Crippen LogP contribution in [0.2, 0.25) is 0 Å². The molecule has 1 aromatic carbocycles. The number of nitrogens with zero attached hydrogens (tertiary/aromatic N) is 1. The number of hydrogen-bond acceptors (Lipinski definition) is 4. The number of nitrogens with one attached hydrogen (secondary N) is 1. The second-order valence-corrected chi connectivity index (χ2v) is 4.58. The van der Waals surface area contributed by atoms with Crippen LogP contribution >= 0.6 is 0 Å². The number of rotatable bonds is 5. The topological polar surface area (TPSA) is 33.7 Å². The van der Waals surface area contributed by atoms with Crippen LogP contribution in [0.5, 0.6) is 11.5 Å². The summed E-state index contributed by atoms with van der Waals surface area (Å²) in [5.41, 5.74) is 1.19. The molecule has 104 valence electrons. The fraction of sp³-hybridized carbons (Fsp3) is 0.467. The van der Waals surface area contributed by atoms with Crippen molar-refractivity contribution in [2.45, 2.75) is 6.04 Å². The molecule has 1 fully saturated rings. The first-order valence-corrected chi connectivity index (χ1v) is 6.59. The highest BCUT2D eigenvalue weighted by atomic mass is 16.5. The van der Waals surface area contributed by atoms with Crippen LogP contribution in [0.1, 0.15) is 11.6 Å². The molecule has 1 N–H and O–H groups in total. The zero-order chi connectivity index (χ0) is 13.7. The van der Waals surface area contributed by atoms with E-state index in [4.69, 9.17) is 9.47 Å². The minimum Gasteiger partial charge on any atom is -0.493 e. The highest BCUT2D eigenvalue weighted by Crippen LogP contribution is 2.32. The van der Waals surface area contributed by atoms with Crippen LogP contribution in [0.15, 0.2) is 30.9 Å². The third-order valence-corrected chi connectivity index (χ3v) is 3.52. The van der Waals surface area contributed by atoms with Gasteiger partial charge >= 0.3 is 0 Å². The summed E-state index contributed by atoms with van der Waals surface area (Å²) in [5, 5.41) is 3.37. The third-order valence-electron chi connectivity index (χ3n) is 3.52. The minimum atomic E-state index is 0.224. The van der Waals surface area contributed by atoms with E-state index in [0.29, 0.717) is 0 Å². The van der Waals surface area contributed by atoms with E-state index in [-0.39, 0.29) is 6.04 Å². The first-order chi connectivity index (χ1) is 9.30. The molecule has 0 aromatic heterocycles. The molecule has 1 heterocycles. The lowest BCUT2D eigenvalue weighted by molar-refractivity contribution is 0.203. The van der Waals surface area contributed by atoms with Crippen molar-refractivity contribution in [3.63, 3.8) is 0 Å². The van der Waals surface area contributed by atoms with Gasteiger partial charge in [0.05, 0.1) is 20.3 Å². The fourth-order valence-electron chi connectivity index (χ4n) is 2.49. The SMILES string of the molecule is C=C[C@@H](c1ccc(OC)c(OC)c1)N1CCNCC1. The lowest BCUT2D eigenvalue weighted by Gasteiger charge is -2.33. The Hall–Kier alpha value is -1.52. The summed E-state index contributed by atoms with van der Waals surface area (Å²) in [5.74, 6) is 1.52. The Bertz CT molecular complexity index is 428. The normalized spacial score (nSPS) is 17.8. The molecular weight excluding hydrogens is 240 g/mol. The van der Waals surface area contributed by atoms with E-state index in [1.54, 1.807) is 14.2 Å². The standard InChI is InChI=1S/C15H22N2O2/c1-4-13(17-9-7-16-8-10-17)12-5-6-14(18-2)15(11-12)19-3/h4-6,11,13,16H,1,7-10H2,2-3H3/t13-/m0/s1. The molecule has 0 unspecified atom stereocenters. The molecule has 1 atom stereocenters. The first kappa shape index (κ1) is 13.9. The van der Waals surface area contributed by atoms with E-state index in [9.17, 15) is 0 Å². The molecule has 1 aliphatic heterocycles. The summed E-state index contributed by atoms with van der Waals surface area (Å²) in [6, 6.07) is 6.29. The maximum absolute atomic E-state index is 5.37. The van der Waals surface area contributed by atoms with Gasteiger partial charge in [0.2, 0.25) is 0 Å². The predicted molar refractivity (Wildman–Crippen MR) is 76.9 cm³/mol. The monoisotopic (exact) mass is 262 g/mol. The number of benzene rings is 1. The van der Waals surface area contributed by atoms with Crippen LogP contribution in [0, 0.1) is 0 Å². The van der Waals surface area contributed by atoms with Crippen LogP contribution < -0.4 is 14.8 Å². The van der Waals surface area contributed by atoms with E-state index < -0.39 is 0 Å². The van der Waals surface area contributed by atoms with E-state index in [0.717, 1.165) is 37.7 Å². The van der Waals surface area contributed by atoms with Gasteiger partial charge in [-0.05, 0) is 17.7 Å². The minimum absolute atomic E-state index is 0.224. The number of piperazine rings is 1. The summed E-state index contributed by atoms with van der Waals surface area (Å²) in [6.45, 7) is 8.09. The fourth-order valence-corrected chi connectivity index (χ4v) is 2.49. The van der Waals surface area contributed by atoms with Crippen molar-refractivity contribution >= 4 is 0 Å². The van der Waals surface area contributed by atoms with Crippen molar-refractivity contribution in [2.75, 3.05) is 40.4 Å². The molecule has 1 aliphatic rings. The van der Waals surface area contributed by atoms with Crippen LogP contribution in [0.25, 0.3) is 0 Å². The van der Waals surface area contributed by atoms with Gasteiger partial charge in [-0.3, -0.25) is 4.90 Å². The summed E-state index contributed by atoms with van der Waals surface area (Å²) in [7, 11) is 3.31. The van der Waals surface area contributed by atoms with Crippen LogP contribution in [-0.2, 0) is 0 Å². The second-order valence-electron chi connectivity index (χ2n) is 4.58. The van der Waals surface area contributed by atoms with Gasteiger partial charge in [0.15, 0.2) is 11.5 Å². The number of hydrogen-bond donors (Lipinski definition) is 1. The molecule has 2 rings (SSSR count). The van der Waals surface area contributed by atoms with Crippen molar-refractivity contribution in [3.8, 4) is 11.5 Å². The quantitative estimate of drug-likeness (QED) is 0.821. The average molecular weight is 262 g/mol. The summed E-state index contributed by atoms with van der Waals surface area (Å²) in [6.07, 6.45) is 1.99. The molecule has 0 spiro atoms. The molecular formula is C15H22N2O2. The lowest BCUT2D eigenvalue weighted by atomic mass is 10.0. The maximum atomic E-state index is 5.37. The van der Waals surface area contributed by atoms with Crippen molar-refractivity contribution in [1.29, 1.82) is 0 Å². The van der Waals surface area contributed by atoms with Gasteiger partial charge in [-0.15, -0.1) is 6.58 Å². The largest absolute Gasteiger partial charge is 0.493 e. The van der Waals surface area contributed by atoms with Gasteiger partial charge in [0.1, 0.15) is 0 Å². The molecule has 19 heavy (non-hydrogen) atoms. The Balaban J connectivity index is 2.24. The Labute approximate surface area is 115 Å². The van der Waals surface area contributed by atoms with E-state index in [1.807, 2.05) is 18.2 Å². The summed E-state index contributed by atoms with van der Waals surface area (Å²) < 4.78 is 10.6. The van der Waals surface area contributed by atoms with E-state index in [2.05, 4.69) is 22.9 Å².